The first-order chi connectivity index (χ1) is 8.19. The number of aryl methyl sites for hydroxylation is 2. The van der Waals surface area contributed by atoms with Gasteiger partial charge in [0.2, 0.25) is 0 Å². The molecule has 0 bridgehead atoms. The Morgan fingerprint density at radius 2 is 1.94 bits per heavy atom. The first-order valence-corrected chi connectivity index (χ1v) is 6.87. The van der Waals surface area contributed by atoms with E-state index in [9.17, 15) is 0 Å². The van der Waals surface area contributed by atoms with Crippen molar-refractivity contribution >= 4 is 0 Å². The van der Waals surface area contributed by atoms with Crippen molar-refractivity contribution in [3.8, 4) is 0 Å². The lowest BCUT2D eigenvalue weighted by Crippen LogP contribution is -2.23. The third kappa shape index (κ3) is 3.81. The molecule has 2 heteroatoms. The van der Waals surface area contributed by atoms with E-state index in [0.29, 0.717) is 6.04 Å². The van der Waals surface area contributed by atoms with Gasteiger partial charge in [0.25, 0.3) is 0 Å². The molecule has 1 aromatic rings. The van der Waals surface area contributed by atoms with Crippen LogP contribution >= 0.6 is 0 Å². The summed E-state index contributed by atoms with van der Waals surface area (Å²) in [4.78, 5) is 4.46. The van der Waals surface area contributed by atoms with Crippen LogP contribution in [0.25, 0.3) is 0 Å². The maximum atomic E-state index is 4.46. The molecule has 0 spiro atoms. The number of pyridine rings is 1. The van der Waals surface area contributed by atoms with Gasteiger partial charge in [0.05, 0.1) is 0 Å². The zero-order chi connectivity index (χ0) is 12.3. The fourth-order valence-electron chi connectivity index (χ4n) is 2.41. The van der Waals surface area contributed by atoms with Gasteiger partial charge < -0.3 is 5.32 Å². The maximum Gasteiger partial charge on any atom is 0.0379 e. The van der Waals surface area contributed by atoms with Crippen LogP contribution in [0.5, 0.6) is 0 Å². The van der Waals surface area contributed by atoms with Crippen LogP contribution in [0.2, 0.25) is 0 Å². The van der Waals surface area contributed by atoms with Crippen LogP contribution in [0.1, 0.15) is 55.6 Å². The number of nitrogens with one attached hydrogen (secondary N) is 1. The van der Waals surface area contributed by atoms with Crippen LogP contribution in [0.3, 0.4) is 0 Å². The Morgan fingerprint density at radius 3 is 2.47 bits per heavy atom. The molecular formula is C15H24N2. The molecule has 0 amide bonds. The minimum absolute atomic E-state index is 0.530. The van der Waals surface area contributed by atoms with Gasteiger partial charge in [0.1, 0.15) is 0 Å². The summed E-state index contributed by atoms with van der Waals surface area (Å²) in [7, 11) is 0. The van der Waals surface area contributed by atoms with E-state index in [0.717, 1.165) is 23.9 Å². The second kappa shape index (κ2) is 5.63. The molecule has 1 fully saturated rings. The molecule has 0 aromatic carbocycles. The van der Waals surface area contributed by atoms with Gasteiger partial charge in [0.15, 0.2) is 0 Å². The molecule has 1 N–H and O–H groups in total. The van der Waals surface area contributed by atoms with E-state index in [1.54, 1.807) is 0 Å². The van der Waals surface area contributed by atoms with Crippen molar-refractivity contribution in [2.75, 3.05) is 6.54 Å². The quantitative estimate of drug-likeness (QED) is 0.811. The summed E-state index contributed by atoms with van der Waals surface area (Å²) in [5, 5.41) is 3.68. The molecule has 1 aliphatic carbocycles. The van der Waals surface area contributed by atoms with Crippen molar-refractivity contribution in [1.82, 2.24) is 10.3 Å². The summed E-state index contributed by atoms with van der Waals surface area (Å²) < 4.78 is 0. The van der Waals surface area contributed by atoms with Gasteiger partial charge in [-0.1, -0.05) is 19.8 Å². The Hall–Kier alpha value is -0.890. The van der Waals surface area contributed by atoms with E-state index >= 15 is 0 Å². The largest absolute Gasteiger partial charge is 0.310 e. The number of hydrogen-bond donors (Lipinski definition) is 1. The van der Waals surface area contributed by atoms with E-state index in [1.165, 1.54) is 31.2 Å². The van der Waals surface area contributed by atoms with E-state index < -0.39 is 0 Å². The highest BCUT2D eigenvalue weighted by Crippen LogP contribution is 2.37. The van der Waals surface area contributed by atoms with Crippen molar-refractivity contribution in [2.24, 2.45) is 5.92 Å². The molecule has 2 nitrogen and oxygen atoms in total. The van der Waals surface area contributed by atoms with Gasteiger partial charge in [-0.05, 0) is 56.8 Å². The molecule has 1 aromatic heterocycles. The SMILES string of the molecule is CCCNC(CC1CC1)c1cc(C)nc(C)c1. The van der Waals surface area contributed by atoms with Crippen molar-refractivity contribution in [3.05, 3.63) is 29.1 Å². The van der Waals surface area contributed by atoms with Gasteiger partial charge in [-0.15, -0.1) is 0 Å². The topological polar surface area (TPSA) is 24.9 Å². The molecule has 2 rings (SSSR count). The second-order valence-corrected chi connectivity index (χ2v) is 5.37. The standard InChI is InChI=1S/C15H24N2/c1-4-7-16-15(10-13-5-6-13)14-8-11(2)17-12(3)9-14/h8-9,13,15-16H,4-7,10H2,1-3H3. The maximum absolute atomic E-state index is 4.46. The lowest BCUT2D eigenvalue weighted by molar-refractivity contribution is 0.473. The van der Waals surface area contributed by atoms with Crippen molar-refractivity contribution in [3.63, 3.8) is 0 Å². The fraction of sp³-hybridized carbons (Fsp3) is 0.667. The van der Waals surface area contributed by atoms with E-state index in [2.05, 4.69) is 43.2 Å². The molecule has 0 aliphatic heterocycles. The molecule has 0 saturated heterocycles. The fourth-order valence-corrected chi connectivity index (χ4v) is 2.41. The minimum Gasteiger partial charge on any atom is -0.310 e. The Balaban J connectivity index is 2.10. The average molecular weight is 232 g/mol. The van der Waals surface area contributed by atoms with Gasteiger partial charge in [-0.3, -0.25) is 4.98 Å². The Labute approximate surface area is 105 Å². The van der Waals surface area contributed by atoms with Crippen LogP contribution in [0, 0.1) is 19.8 Å². The molecule has 1 atom stereocenters. The second-order valence-electron chi connectivity index (χ2n) is 5.37. The highest BCUT2D eigenvalue weighted by Gasteiger charge is 2.26. The summed E-state index contributed by atoms with van der Waals surface area (Å²) in [6.45, 7) is 7.51. The molecular weight excluding hydrogens is 208 g/mol. The van der Waals surface area contributed by atoms with Gasteiger partial charge >= 0.3 is 0 Å². The molecule has 94 valence electrons. The number of nitrogens with zero attached hydrogens (tertiary/aromatic N) is 1. The van der Waals surface area contributed by atoms with Crippen LogP contribution in [-0.4, -0.2) is 11.5 Å². The summed E-state index contributed by atoms with van der Waals surface area (Å²) in [5.41, 5.74) is 3.70. The molecule has 1 saturated carbocycles. The lowest BCUT2D eigenvalue weighted by atomic mass is 10.0. The van der Waals surface area contributed by atoms with Gasteiger partial charge in [0, 0.05) is 17.4 Å². The number of aromatic nitrogens is 1. The van der Waals surface area contributed by atoms with Crippen LogP contribution in [-0.2, 0) is 0 Å². The average Bonchev–Trinajstić information content (AvgIpc) is 3.06. The zero-order valence-electron chi connectivity index (χ0n) is 11.3. The zero-order valence-corrected chi connectivity index (χ0v) is 11.3. The summed E-state index contributed by atoms with van der Waals surface area (Å²) in [6.07, 6.45) is 5.34. The first-order valence-electron chi connectivity index (χ1n) is 6.87. The summed E-state index contributed by atoms with van der Waals surface area (Å²) in [5.74, 6) is 0.957. The monoisotopic (exact) mass is 232 g/mol. The van der Waals surface area contributed by atoms with Crippen molar-refractivity contribution < 1.29 is 0 Å². The Morgan fingerprint density at radius 1 is 1.29 bits per heavy atom. The molecule has 0 radical (unpaired) electrons. The Kier molecular flexibility index (Phi) is 4.16. The highest BCUT2D eigenvalue weighted by atomic mass is 14.9. The predicted octanol–water partition coefficient (Wildman–Crippen LogP) is 3.54. The highest BCUT2D eigenvalue weighted by molar-refractivity contribution is 5.24. The normalized spacial score (nSPS) is 17.1. The van der Waals surface area contributed by atoms with Crippen LogP contribution in [0.4, 0.5) is 0 Å². The third-order valence-electron chi connectivity index (χ3n) is 3.41. The Bertz CT molecular complexity index is 349. The minimum atomic E-state index is 0.530. The summed E-state index contributed by atoms with van der Waals surface area (Å²) in [6, 6.07) is 5.01. The molecule has 1 unspecified atom stereocenters. The van der Waals surface area contributed by atoms with Crippen molar-refractivity contribution in [2.45, 2.75) is 52.5 Å². The number of rotatable bonds is 6. The van der Waals surface area contributed by atoms with Gasteiger partial charge in [-0.25, -0.2) is 0 Å². The number of hydrogen-bond acceptors (Lipinski definition) is 2. The van der Waals surface area contributed by atoms with E-state index in [4.69, 9.17) is 0 Å². The molecule has 1 aliphatic rings. The van der Waals surface area contributed by atoms with Gasteiger partial charge in [-0.2, -0.15) is 0 Å². The summed E-state index contributed by atoms with van der Waals surface area (Å²) >= 11 is 0. The van der Waals surface area contributed by atoms with Crippen LogP contribution < -0.4 is 5.32 Å². The van der Waals surface area contributed by atoms with E-state index in [-0.39, 0.29) is 0 Å². The first kappa shape index (κ1) is 12.6. The molecule has 17 heavy (non-hydrogen) atoms. The smallest absolute Gasteiger partial charge is 0.0379 e. The van der Waals surface area contributed by atoms with Crippen molar-refractivity contribution in [1.29, 1.82) is 0 Å². The van der Waals surface area contributed by atoms with E-state index in [1.807, 2.05) is 0 Å². The molecule has 1 heterocycles. The van der Waals surface area contributed by atoms with Crippen LogP contribution in [0.15, 0.2) is 12.1 Å². The lowest BCUT2D eigenvalue weighted by Gasteiger charge is -2.19. The predicted molar refractivity (Wildman–Crippen MR) is 72.1 cm³/mol. The third-order valence-corrected chi connectivity index (χ3v) is 3.41.